The molecule has 2 amide bonds. The Morgan fingerprint density at radius 2 is 2.25 bits per heavy atom. The molecule has 0 radical (unpaired) electrons. The Balaban J connectivity index is 1.68. The van der Waals surface area contributed by atoms with Crippen LogP contribution in [0.4, 0.5) is 9.18 Å². The summed E-state index contributed by atoms with van der Waals surface area (Å²) >= 11 is 0. The van der Waals surface area contributed by atoms with Gasteiger partial charge in [-0.25, -0.2) is 14.2 Å². The minimum Gasteiger partial charge on any atom is -0.333 e. The molecule has 6 nitrogen and oxygen atoms in total. The van der Waals surface area contributed by atoms with Gasteiger partial charge in [-0.15, -0.1) is 0 Å². The number of piperidine rings is 1. The number of hydrogen-bond acceptors (Lipinski definition) is 3. The Morgan fingerprint density at radius 3 is 3.00 bits per heavy atom. The average Bonchev–Trinajstić information content (AvgIpc) is 3.09. The van der Waals surface area contributed by atoms with Crippen LogP contribution in [0.25, 0.3) is 0 Å². The molecule has 1 unspecified atom stereocenters. The predicted octanol–water partition coefficient (Wildman–Crippen LogP) is 2.87. The summed E-state index contributed by atoms with van der Waals surface area (Å²) < 4.78 is 15.0. The number of carbonyl (C=O) groups excluding carboxylic acids is 1. The Labute approximate surface area is 140 Å². The highest BCUT2D eigenvalue weighted by molar-refractivity contribution is 5.74. The van der Waals surface area contributed by atoms with E-state index in [-0.39, 0.29) is 24.4 Å². The van der Waals surface area contributed by atoms with Gasteiger partial charge in [-0.05, 0) is 38.3 Å². The van der Waals surface area contributed by atoms with Gasteiger partial charge in [0.1, 0.15) is 11.6 Å². The summed E-state index contributed by atoms with van der Waals surface area (Å²) in [4.78, 5) is 22.9. The van der Waals surface area contributed by atoms with Crippen LogP contribution in [0.15, 0.2) is 30.7 Å². The molecule has 0 bridgehead atoms. The molecule has 2 aromatic rings. The molecule has 1 N–H and O–H groups in total. The summed E-state index contributed by atoms with van der Waals surface area (Å²) in [6.07, 6.45) is 7.88. The van der Waals surface area contributed by atoms with E-state index in [1.807, 2.05) is 11.1 Å². The Morgan fingerprint density at radius 1 is 1.38 bits per heavy atom. The molecule has 128 valence electrons. The first-order valence-corrected chi connectivity index (χ1v) is 8.35. The van der Waals surface area contributed by atoms with Gasteiger partial charge in [0.05, 0.1) is 24.5 Å². The van der Waals surface area contributed by atoms with Crippen LogP contribution in [0.1, 0.15) is 43.7 Å². The second-order valence-electron chi connectivity index (χ2n) is 5.90. The van der Waals surface area contributed by atoms with E-state index in [9.17, 15) is 9.18 Å². The number of nitrogens with zero attached hydrogens (tertiary/aromatic N) is 4. The lowest BCUT2D eigenvalue weighted by atomic mass is 10.0. The predicted molar refractivity (Wildman–Crippen MR) is 87.6 cm³/mol. The summed E-state index contributed by atoms with van der Waals surface area (Å²) in [7, 11) is 0. The number of nitrogens with one attached hydrogen (secondary N) is 1. The van der Waals surface area contributed by atoms with E-state index in [0.717, 1.165) is 37.8 Å². The lowest BCUT2D eigenvalue weighted by molar-refractivity contribution is 0.145. The molecule has 1 saturated heterocycles. The highest BCUT2D eigenvalue weighted by Gasteiger charge is 2.30. The summed E-state index contributed by atoms with van der Waals surface area (Å²) in [6, 6.07) is 2.79. The number of rotatable bonds is 4. The molecule has 2 aromatic heterocycles. The highest BCUT2D eigenvalue weighted by atomic mass is 19.1. The van der Waals surface area contributed by atoms with E-state index in [1.54, 1.807) is 12.3 Å². The second kappa shape index (κ2) is 7.42. The number of imidazole rings is 1. The molecule has 24 heavy (non-hydrogen) atoms. The minimum absolute atomic E-state index is 0.00474. The Hall–Kier alpha value is -2.44. The largest absolute Gasteiger partial charge is 0.333 e. The molecular weight excluding hydrogens is 309 g/mol. The number of amides is 2. The topological polar surface area (TPSA) is 63.1 Å². The average molecular weight is 331 g/mol. The minimum atomic E-state index is -0.382. The van der Waals surface area contributed by atoms with Gasteiger partial charge in [0.2, 0.25) is 0 Å². The van der Waals surface area contributed by atoms with Gasteiger partial charge in [-0.3, -0.25) is 4.98 Å². The number of pyridine rings is 1. The maximum absolute atomic E-state index is 12.9. The lowest BCUT2D eigenvalue weighted by Gasteiger charge is -2.35. The smallest absolute Gasteiger partial charge is 0.318 e. The van der Waals surface area contributed by atoms with Crippen molar-refractivity contribution >= 4 is 6.03 Å². The standard InChI is InChI=1S/C17H22FN5O/c1-2-22-10-8-19-16(22)15-5-3-4-9-23(15)17(24)21-12-14-7-6-13(18)11-20-14/h6-8,10-11,15H,2-5,9,12H2,1H3,(H,21,24). The first-order chi connectivity index (χ1) is 11.7. The molecule has 0 aliphatic carbocycles. The summed E-state index contributed by atoms with van der Waals surface area (Å²) in [5.41, 5.74) is 0.633. The number of carbonyl (C=O) groups is 1. The van der Waals surface area contributed by atoms with Gasteiger partial charge < -0.3 is 14.8 Å². The van der Waals surface area contributed by atoms with Crippen molar-refractivity contribution in [3.05, 3.63) is 48.1 Å². The van der Waals surface area contributed by atoms with Crippen molar-refractivity contribution in [3.63, 3.8) is 0 Å². The monoisotopic (exact) mass is 331 g/mol. The normalized spacial score (nSPS) is 17.8. The van der Waals surface area contributed by atoms with Crippen LogP contribution >= 0.6 is 0 Å². The fraction of sp³-hybridized carbons (Fsp3) is 0.471. The van der Waals surface area contributed by atoms with Crippen molar-refractivity contribution in [2.45, 2.75) is 45.3 Å². The van der Waals surface area contributed by atoms with Crippen molar-refractivity contribution in [1.82, 2.24) is 24.8 Å². The SMILES string of the molecule is CCn1ccnc1C1CCCCN1C(=O)NCc1ccc(F)cn1. The van der Waals surface area contributed by atoms with E-state index in [2.05, 4.69) is 26.8 Å². The molecule has 0 saturated carbocycles. The van der Waals surface area contributed by atoms with Gasteiger partial charge in [0, 0.05) is 25.5 Å². The van der Waals surface area contributed by atoms with Gasteiger partial charge in [-0.1, -0.05) is 0 Å². The zero-order valence-corrected chi connectivity index (χ0v) is 13.8. The van der Waals surface area contributed by atoms with Gasteiger partial charge in [0.25, 0.3) is 0 Å². The van der Waals surface area contributed by atoms with Crippen molar-refractivity contribution in [3.8, 4) is 0 Å². The summed E-state index contributed by atoms with van der Waals surface area (Å²) in [5.74, 6) is 0.555. The van der Waals surface area contributed by atoms with Gasteiger partial charge in [0.15, 0.2) is 0 Å². The van der Waals surface area contributed by atoms with E-state index in [4.69, 9.17) is 0 Å². The molecule has 7 heteroatoms. The number of urea groups is 1. The molecule has 1 aliphatic heterocycles. The number of hydrogen-bond donors (Lipinski definition) is 1. The third-order valence-corrected chi connectivity index (χ3v) is 4.36. The van der Waals surface area contributed by atoms with Gasteiger partial charge in [-0.2, -0.15) is 0 Å². The first kappa shape index (κ1) is 16.4. The van der Waals surface area contributed by atoms with Crippen LogP contribution in [-0.2, 0) is 13.1 Å². The van der Waals surface area contributed by atoms with Crippen LogP contribution in [-0.4, -0.2) is 32.0 Å². The van der Waals surface area contributed by atoms with Crippen molar-refractivity contribution in [2.75, 3.05) is 6.54 Å². The van der Waals surface area contributed by atoms with Crippen molar-refractivity contribution < 1.29 is 9.18 Å². The van der Waals surface area contributed by atoms with Crippen LogP contribution in [0.2, 0.25) is 0 Å². The highest BCUT2D eigenvalue weighted by Crippen LogP contribution is 2.29. The fourth-order valence-electron chi connectivity index (χ4n) is 3.11. The van der Waals surface area contributed by atoms with Crippen molar-refractivity contribution in [2.24, 2.45) is 0 Å². The molecule has 3 rings (SSSR count). The lowest BCUT2D eigenvalue weighted by Crippen LogP contribution is -2.45. The van der Waals surface area contributed by atoms with Crippen LogP contribution in [0, 0.1) is 5.82 Å². The number of halogens is 1. The van der Waals surface area contributed by atoms with Gasteiger partial charge >= 0.3 is 6.03 Å². The van der Waals surface area contributed by atoms with Crippen LogP contribution in [0.3, 0.4) is 0 Å². The number of likely N-dealkylation sites (tertiary alicyclic amines) is 1. The molecule has 3 heterocycles. The maximum Gasteiger partial charge on any atom is 0.318 e. The first-order valence-electron chi connectivity index (χ1n) is 8.35. The van der Waals surface area contributed by atoms with Crippen molar-refractivity contribution in [1.29, 1.82) is 0 Å². The fourth-order valence-corrected chi connectivity index (χ4v) is 3.11. The zero-order chi connectivity index (χ0) is 16.9. The van der Waals surface area contributed by atoms with E-state index < -0.39 is 0 Å². The Kier molecular flexibility index (Phi) is 5.08. The van der Waals surface area contributed by atoms with Crippen LogP contribution < -0.4 is 5.32 Å². The molecule has 0 aromatic carbocycles. The zero-order valence-electron chi connectivity index (χ0n) is 13.8. The summed E-state index contributed by atoms with van der Waals surface area (Å²) in [5, 5.41) is 2.88. The number of aryl methyl sites for hydroxylation is 1. The molecule has 0 spiro atoms. The molecule has 1 aliphatic rings. The third-order valence-electron chi connectivity index (χ3n) is 4.36. The quantitative estimate of drug-likeness (QED) is 0.937. The Bertz CT molecular complexity index is 685. The molecule has 1 fully saturated rings. The number of aromatic nitrogens is 3. The van der Waals surface area contributed by atoms with Crippen LogP contribution in [0.5, 0.6) is 0 Å². The van der Waals surface area contributed by atoms with E-state index in [0.29, 0.717) is 12.2 Å². The molecular formula is C17H22FN5O. The second-order valence-corrected chi connectivity index (χ2v) is 5.90. The van der Waals surface area contributed by atoms with E-state index >= 15 is 0 Å². The summed E-state index contributed by atoms with van der Waals surface area (Å²) in [6.45, 7) is 3.90. The molecule has 1 atom stereocenters. The third kappa shape index (κ3) is 3.55. The maximum atomic E-state index is 12.9. The van der Waals surface area contributed by atoms with E-state index in [1.165, 1.54) is 6.07 Å².